The van der Waals surface area contributed by atoms with E-state index in [2.05, 4.69) is 9.97 Å². The van der Waals surface area contributed by atoms with Crippen LogP contribution < -0.4 is 0 Å². The van der Waals surface area contributed by atoms with Crippen LogP contribution in [0.4, 0.5) is 0 Å². The van der Waals surface area contributed by atoms with Crippen LogP contribution >= 0.6 is 0 Å². The van der Waals surface area contributed by atoms with Crippen LogP contribution in [-0.4, -0.2) is 40.5 Å². The van der Waals surface area contributed by atoms with Gasteiger partial charge in [-0.05, 0) is 19.1 Å². The molecule has 0 saturated carbocycles. The van der Waals surface area contributed by atoms with Crippen LogP contribution in [0.15, 0.2) is 28.9 Å². The lowest BCUT2D eigenvalue weighted by atomic mass is 10.1. The molecule has 1 amide bonds. The highest BCUT2D eigenvalue weighted by Crippen LogP contribution is 2.25. The van der Waals surface area contributed by atoms with Crippen molar-refractivity contribution in [1.29, 1.82) is 0 Å². The van der Waals surface area contributed by atoms with Gasteiger partial charge in [-0.15, -0.1) is 0 Å². The predicted molar refractivity (Wildman–Crippen MR) is 75.3 cm³/mol. The predicted octanol–water partition coefficient (Wildman–Crippen LogP) is 1.66. The van der Waals surface area contributed by atoms with Crippen LogP contribution in [-0.2, 0) is 22.5 Å². The summed E-state index contributed by atoms with van der Waals surface area (Å²) in [6.07, 6.45) is 4.11. The lowest BCUT2D eigenvalue weighted by Gasteiger charge is -2.25. The lowest BCUT2D eigenvalue weighted by Crippen LogP contribution is -2.38. The highest BCUT2D eigenvalue weighted by atomic mass is 16.5. The van der Waals surface area contributed by atoms with Gasteiger partial charge < -0.3 is 14.1 Å². The van der Waals surface area contributed by atoms with Crippen molar-refractivity contribution >= 4 is 5.91 Å². The zero-order valence-electron chi connectivity index (χ0n) is 11.9. The summed E-state index contributed by atoms with van der Waals surface area (Å²) in [5.41, 5.74) is 1.67. The maximum Gasteiger partial charge on any atom is 0.248 e. The van der Waals surface area contributed by atoms with Crippen molar-refractivity contribution in [3.05, 3.63) is 36.0 Å². The van der Waals surface area contributed by atoms with Gasteiger partial charge in [-0.1, -0.05) is 0 Å². The SMILES string of the molecule is CCOCC(=O)N1CCc2oc(-c3cccnc3)nc2C1. The van der Waals surface area contributed by atoms with E-state index in [1.54, 1.807) is 17.3 Å². The maximum atomic E-state index is 12.0. The lowest BCUT2D eigenvalue weighted by molar-refractivity contribution is -0.137. The number of fused-ring (bicyclic) bond motifs is 1. The Labute approximate surface area is 122 Å². The molecule has 0 fully saturated rings. The summed E-state index contributed by atoms with van der Waals surface area (Å²) in [4.78, 5) is 22.3. The number of carbonyl (C=O) groups excluding carboxylic acids is 1. The molecule has 6 heteroatoms. The van der Waals surface area contributed by atoms with Crippen molar-refractivity contribution in [2.45, 2.75) is 19.9 Å². The van der Waals surface area contributed by atoms with E-state index in [-0.39, 0.29) is 12.5 Å². The second-order valence-corrected chi connectivity index (χ2v) is 4.83. The first-order valence-corrected chi connectivity index (χ1v) is 7.02. The standard InChI is InChI=1S/C15H17N3O3/c1-2-20-10-14(19)18-7-5-13-12(9-18)17-15(21-13)11-4-3-6-16-8-11/h3-4,6,8H,2,5,7,9-10H2,1H3. The number of oxazole rings is 1. The van der Waals surface area contributed by atoms with E-state index in [0.29, 0.717) is 32.0 Å². The summed E-state index contributed by atoms with van der Waals surface area (Å²) >= 11 is 0. The van der Waals surface area contributed by atoms with E-state index < -0.39 is 0 Å². The first-order valence-electron chi connectivity index (χ1n) is 7.02. The third kappa shape index (κ3) is 2.95. The Kier molecular flexibility index (Phi) is 3.96. The number of carbonyl (C=O) groups is 1. The minimum absolute atomic E-state index is 0.00609. The Morgan fingerprint density at radius 1 is 1.52 bits per heavy atom. The molecule has 0 aliphatic carbocycles. The van der Waals surface area contributed by atoms with Gasteiger partial charge in [-0.2, -0.15) is 0 Å². The molecule has 3 rings (SSSR count). The van der Waals surface area contributed by atoms with Crippen molar-refractivity contribution in [3.8, 4) is 11.5 Å². The van der Waals surface area contributed by atoms with E-state index in [0.717, 1.165) is 17.0 Å². The Morgan fingerprint density at radius 2 is 2.43 bits per heavy atom. The molecule has 0 atom stereocenters. The van der Waals surface area contributed by atoms with Crippen LogP contribution in [0, 0.1) is 0 Å². The number of rotatable bonds is 4. The van der Waals surface area contributed by atoms with Crippen molar-refractivity contribution in [2.75, 3.05) is 19.8 Å². The molecule has 0 radical (unpaired) electrons. The number of aromatic nitrogens is 2. The molecule has 6 nitrogen and oxygen atoms in total. The van der Waals surface area contributed by atoms with Crippen molar-refractivity contribution in [2.24, 2.45) is 0 Å². The van der Waals surface area contributed by atoms with Crippen molar-refractivity contribution < 1.29 is 13.9 Å². The molecule has 0 spiro atoms. The van der Waals surface area contributed by atoms with Gasteiger partial charge in [-0.3, -0.25) is 9.78 Å². The number of nitrogens with zero attached hydrogens (tertiary/aromatic N) is 3. The minimum Gasteiger partial charge on any atom is -0.441 e. The van der Waals surface area contributed by atoms with Crippen molar-refractivity contribution in [1.82, 2.24) is 14.9 Å². The molecule has 21 heavy (non-hydrogen) atoms. The van der Waals surface area contributed by atoms with Gasteiger partial charge in [0.25, 0.3) is 0 Å². The summed E-state index contributed by atoms with van der Waals surface area (Å²) in [7, 11) is 0. The number of ether oxygens (including phenoxy) is 1. The number of amides is 1. The van der Waals surface area contributed by atoms with Crippen LogP contribution in [0.1, 0.15) is 18.4 Å². The first-order chi connectivity index (χ1) is 10.3. The monoisotopic (exact) mass is 287 g/mol. The quantitative estimate of drug-likeness (QED) is 0.855. The Bertz CT molecular complexity index is 624. The maximum absolute atomic E-state index is 12.0. The minimum atomic E-state index is -0.00609. The summed E-state index contributed by atoms with van der Waals surface area (Å²) in [6.45, 7) is 3.66. The van der Waals surface area contributed by atoms with Gasteiger partial charge in [0.2, 0.25) is 11.8 Å². The molecule has 110 valence electrons. The molecule has 2 aromatic heterocycles. The third-order valence-electron chi connectivity index (χ3n) is 3.42. The summed E-state index contributed by atoms with van der Waals surface area (Å²) in [5, 5.41) is 0. The van der Waals surface area contributed by atoms with E-state index in [1.807, 2.05) is 19.1 Å². The molecule has 0 aromatic carbocycles. The molecule has 0 N–H and O–H groups in total. The van der Waals surface area contributed by atoms with E-state index >= 15 is 0 Å². The molecule has 0 saturated heterocycles. The third-order valence-corrected chi connectivity index (χ3v) is 3.42. The van der Waals surface area contributed by atoms with Gasteiger partial charge in [-0.25, -0.2) is 4.98 Å². The van der Waals surface area contributed by atoms with E-state index in [1.165, 1.54) is 0 Å². The Morgan fingerprint density at radius 3 is 3.19 bits per heavy atom. The fourth-order valence-electron chi connectivity index (χ4n) is 2.30. The second-order valence-electron chi connectivity index (χ2n) is 4.83. The zero-order valence-corrected chi connectivity index (χ0v) is 11.9. The van der Waals surface area contributed by atoms with E-state index in [9.17, 15) is 4.79 Å². The molecule has 0 bridgehead atoms. The second kappa shape index (κ2) is 6.05. The molecule has 3 heterocycles. The summed E-state index contributed by atoms with van der Waals surface area (Å²) in [6, 6.07) is 3.75. The topological polar surface area (TPSA) is 68.5 Å². The largest absolute Gasteiger partial charge is 0.441 e. The molecule has 1 aliphatic rings. The fourth-order valence-corrected chi connectivity index (χ4v) is 2.30. The molecular formula is C15H17N3O3. The first kappa shape index (κ1) is 13.8. The Balaban J connectivity index is 1.75. The average Bonchev–Trinajstić information content (AvgIpc) is 2.96. The molecule has 0 unspecified atom stereocenters. The number of hydrogen-bond donors (Lipinski definition) is 0. The van der Waals surface area contributed by atoms with Crippen LogP contribution in [0.25, 0.3) is 11.5 Å². The fraction of sp³-hybridized carbons (Fsp3) is 0.400. The number of pyridine rings is 1. The normalized spacial score (nSPS) is 14.0. The van der Waals surface area contributed by atoms with Gasteiger partial charge in [0.05, 0.1) is 12.1 Å². The summed E-state index contributed by atoms with van der Waals surface area (Å²) < 4.78 is 10.9. The van der Waals surface area contributed by atoms with Gasteiger partial charge in [0.15, 0.2) is 0 Å². The van der Waals surface area contributed by atoms with E-state index in [4.69, 9.17) is 9.15 Å². The van der Waals surface area contributed by atoms with Gasteiger partial charge in [0, 0.05) is 32.0 Å². The van der Waals surface area contributed by atoms with Crippen LogP contribution in [0.5, 0.6) is 0 Å². The molecule has 2 aromatic rings. The average molecular weight is 287 g/mol. The van der Waals surface area contributed by atoms with Gasteiger partial charge >= 0.3 is 0 Å². The Hall–Kier alpha value is -2.21. The van der Waals surface area contributed by atoms with Gasteiger partial charge in [0.1, 0.15) is 18.1 Å². The smallest absolute Gasteiger partial charge is 0.248 e. The number of hydrogen-bond acceptors (Lipinski definition) is 5. The molecule has 1 aliphatic heterocycles. The summed E-state index contributed by atoms with van der Waals surface area (Å²) in [5.74, 6) is 1.41. The zero-order chi connectivity index (χ0) is 14.7. The van der Waals surface area contributed by atoms with Crippen LogP contribution in [0.2, 0.25) is 0 Å². The highest BCUT2D eigenvalue weighted by molar-refractivity contribution is 5.77. The van der Waals surface area contributed by atoms with Crippen LogP contribution in [0.3, 0.4) is 0 Å². The molecular weight excluding hydrogens is 270 g/mol. The van der Waals surface area contributed by atoms with Crippen molar-refractivity contribution in [3.63, 3.8) is 0 Å². The highest BCUT2D eigenvalue weighted by Gasteiger charge is 2.25.